The molecule has 0 bridgehead atoms. The van der Waals surface area contributed by atoms with E-state index in [9.17, 15) is 17.6 Å². The maximum Gasteiger partial charge on any atom is 0.243 e. The Hall–Kier alpha value is -2.04. The number of nitrogens with zero attached hydrogens (tertiary/aromatic N) is 2. The molecule has 2 heterocycles. The van der Waals surface area contributed by atoms with E-state index in [0.29, 0.717) is 45.8 Å². The van der Waals surface area contributed by atoms with Gasteiger partial charge in [-0.3, -0.25) is 4.79 Å². The highest BCUT2D eigenvalue weighted by Crippen LogP contribution is 2.33. The number of amides is 1. The molecule has 0 aliphatic carbocycles. The lowest BCUT2D eigenvalue weighted by Crippen LogP contribution is -2.43. The maximum atomic E-state index is 13.2. The summed E-state index contributed by atoms with van der Waals surface area (Å²) in [6.45, 7) is 0.354. The molecule has 1 saturated heterocycles. The number of halogens is 3. The molecule has 1 atom stereocenters. The van der Waals surface area contributed by atoms with Gasteiger partial charge in [-0.05, 0) is 55.3 Å². The molecular formula is C21H18Cl2FN3O3S2. The summed E-state index contributed by atoms with van der Waals surface area (Å²) in [6, 6.07) is 9.75. The van der Waals surface area contributed by atoms with Crippen LogP contribution in [0.5, 0.6) is 0 Å². The largest absolute Gasteiger partial charge is 0.302 e. The second-order valence-electron chi connectivity index (χ2n) is 7.31. The van der Waals surface area contributed by atoms with Gasteiger partial charge in [0.2, 0.25) is 15.9 Å². The first-order valence-electron chi connectivity index (χ1n) is 9.71. The summed E-state index contributed by atoms with van der Waals surface area (Å²) in [5.41, 5.74) is 1.30. The summed E-state index contributed by atoms with van der Waals surface area (Å²) in [5, 5.41) is 5.92. The molecule has 0 saturated carbocycles. The lowest BCUT2D eigenvalue weighted by Gasteiger charge is -2.31. The number of carbonyl (C=O) groups is 1. The van der Waals surface area contributed by atoms with Crippen molar-refractivity contribution in [1.29, 1.82) is 0 Å². The third kappa shape index (κ3) is 4.97. The highest BCUT2D eigenvalue weighted by molar-refractivity contribution is 7.89. The fourth-order valence-electron chi connectivity index (χ4n) is 3.49. The topological polar surface area (TPSA) is 79.4 Å². The lowest BCUT2D eigenvalue weighted by molar-refractivity contribution is -0.120. The molecule has 1 aliphatic rings. The molecule has 11 heteroatoms. The molecule has 1 fully saturated rings. The van der Waals surface area contributed by atoms with Crippen LogP contribution < -0.4 is 5.32 Å². The van der Waals surface area contributed by atoms with Gasteiger partial charge in [0.05, 0.1) is 21.5 Å². The van der Waals surface area contributed by atoms with Crippen LogP contribution in [0.1, 0.15) is 12.8 Å². The third-order valence-corrected chi connectivity index (χ3v) is 8.33. The molecule has 6 nitrogen and oxygen atoms in total. The smallest absolute Gasteiger partial charge is 0.243 e. The van der Waals surface area contributed by atoms with E-state index >= 15 is 0 Å². The summed E-state index contributed by atoms with van der Waals surface area (Å²) < 4.78 is 40.2. The standard InChI is InChI=1S/C21H18Cl2FN3O3S2/c22-14-3-8-17(18(23)10-14)19-12-31-21(25-19)26-20(28)13-2-1-9-27(11-13)32(29,30)16-6-4-15(24)5-7-16/h3-8,10,12-13H,1-2,9,11H2,(H,25,26,28). The van der Waals surface area contributed by atoms with Crippen molar-refractivity contribution in [2.24, 2.45) is 5.92 Å². The van der Waals surface area contributed by atoms with Crippen LogP contribution in [-0.2, 0) is 14.8 Å². The van der Waals surface area contributed by atoms with E-state index in [1.807, 2.05) is 0 Å². The number of anilines is 1. The zero-order chi connectivity index (χ0) is 22.9. The SMILES string of the molecule is O=C(Nc1nc(-c2ccc(Cl)cc2Cl)cs1)C1CCCN(S(=O)(=O)c2ccc(F)cc2)C1. The van der Waals surface area contributed by atoms with Crippen LogP contribution in [0.25, 0.3) is 11.3 Å². The molecular weight excluding hydrogens is 496 g/mol. The quantitative estimate of drug-likeness (QED) is 0.502. The first-order valence-corrected chi connectivity index (χ1v) is 12.8. The van der Waals surface area contributed by atoms with Gasteiger partial charge in [0, 0.05) is 29.1 Å². The Bertz CT molecular complexity index is 1250. The van der Waals surface area contributed by atoms with Gasteiger partial charge in [-0.25, -0.2) is 17.8 Å². The molecule has 1 aliphatic heterocycles. The van der Waals surface area contributed by atoms with Gasteiger partial charge in [-0.1, -0.05) is 23.2 Å². The van der Waals surface area contributed by atoms with Crippen molar-refractivity contribution in [3.8, 4) is 11.3 Å². The van der Waals surface area contributed by atoms with E-state index < -0.39 is 21.8 Å². The van der Waals surface area contributed by atoms with E-state index in [1.54, 1.807) is 23.6 Å². The number of aromatic nitrogens is 1. The molecule has 2 aromatic carbocycles. The number of hydrogen-bond acceptors (Lipinski definition) is 5. The minimum absolute atomic E-state index is 0.00404. The highest BCUT2D eigenvalue weighted by Gasteiger charge is 2.33. The first kappa shape index (κ1) is 23.1. The number of benzene rings is 2. The van der Waals surface area contributed by atoms with Crippen molar-refractivity contribution in [1.82, 2.24) is 9.29 Å². The number of hydrogen-bond donors (Lipinski definition) is 1. The predicted octanol–water partition coefficient (Wildman–Crippen LogP) is 5.30. The Morgan fingerprint density at radius 2 is 1.94 bits per heavy atom. The van der Waals surface area contributed by atoms with Crippen LogP contribution >= 0.6 is 34.5 Å². The monoisotopic (exact) mass is 513 g/mol. The van der Waals surface area contributed by atoms with Crippen molar-refractivity contribution in [3.63, 3.8) is 0 Å². The molecule has 1 aromatic heterocycles. The molecule has 4 rings (SSSR count). The van der Waals surface area contributed by atoms with E-state index in [-0.39, 0.29) is 17.3 Å². The fraction of sp³-hybridized carbons (Fsp3) is 0.238. The lowest BCUT2D eigenvalue weighted by atomic mass is 9.99. The predicted molar refractivity (Wildman–Crippen MR) is 124 cm³/mol. The molecule has 168 valence electrons. The number of rotatable bonds is 5. The zero-order valence-electron chi connectivity index (χ0n) is 16.6. The van der Waals surface area contributed by atoms with Gasteiger partial charge in [0.25, 0.3) is 0 Å². The zero-order valence-corrected chi connectivity index (χ0v) is 19.7. The average molecular weight is 514 g/mol. The van der Waals surface area contributed by atoms with E-state index in [0.717, 1.165) is 12.1 Å². The number of nitrogens with one attached hydrogen (secondary N) is 1. The summed E-state index contributed by atoms with van der Waals surface area (Å²) in [4.78, 5) is 17.2. The van der Waals surface area contributed by atoms with E-state index in [4.69, 9.17) is 23.2 Å². The number of carbonyl (C=O) groups excluding carboxylic acids is 1. The van der Waals surface area contributed by atoms with Crippen molar-refractivity contribution in [2.45, 2.75) is 17.7 Å². The number of sulfonamides is 1. The summed E-state index contributed by atoms with van der Waals surface area (Å²) in [7, 11) is -3.81. The van der Waals surface area contributed by atoms with Gasteiger partial charge in [-0.15, -0.1) is 11.3 Å². The second-order valence-corrected chi connectivity index (χ2v) is 10.9. The third-order valence-electron chi connectivity index (χ3n) is 5.15. The van der Waals surface area contributed by atoms with Crippen LogP contribution in [0, 0.1) is 11.7 Å². The maximum absolute atomic E-state index is 13.2. The number of thiazole rings is 1. The molecule has 0 radical (unpaired) electrons. The highest BCUT2D eigenvalue weighted by atomic mass is 35.5. The average Bonchev–Trinajstić information content (AvgIpc) is 3.22. The van der Waals surface area contributed by atoms with E-state index in [1.165, 1.54) is 27.8 Å². The van der Waals surface area contributed by atoms with Crippen molar-refractivity contribution >= 4 is 55.6 Å². The number of piperidine rings is 1. The Morgan fingerprint density at radius 3 is 2.66 bits per heavy atom. The molecule has 1 amide bonds. The first-order chi connectivity index (χ1) is 15.2. The van der Waals surface area contributed by atoms with Gasteiger partial charge >= 0.3 is 0 Å². The summed E-state index contributed by atoms with van der Waals surface area (Å²) >= 11 is 13.4. The Kier molecular flexibility index (Phi) is 6.83. The Morgan fingerprint density at radius 1 is 1.19 bits per heavy atom. The van der Waals surface area contributed by atoms with Crippen LogP contribution in [0.15, 0.2) is 52.7 Å². The van der Waals surface area contributed by atoms with Gasteiger partial charge in [-0.2, -0.15) is 4.31 Å². The van der Waals surface area contributed by atoms with E-state index in [2.05, 4.69) is 10.3 Å². The normalized spacial score (nSPS) is 17.3. The van der Waals surface area contributed by atoms with Crippen molar-refractivity contribution < 1.29 is 17.6 Å². The van der Waals surface area contributed by atoms with Crippen molar-refractivity contribution in [3.05, 3.63) is 63.7 Å². The minimum Gasteiger partial charge on any atom is -0.302 e. The molecule has 3 aromatic rings. The molecule has 32 heavy (non-hydrogen) atoms. The Labute approximate surface area is 199 Å². The van der Waals surface area contributed by atoms with Crippen LogP contribution in [-0.4, -0.2) is 36.7 Å². The fourth-order valence-corrected chi connectivity index (χ4v) is 6.23. The minimum atomic E-state index is -3.81. The molecule has 1 N–H and O–H groups in total. The summed E-state index contributed by atoms with van der Waals surface area (Å²) in [6.07, 6.45) is 1.10. The van der Waals surface area contributed by atoms with Gasteiger partial charge in [0.1, 0.15) is 5.82 Å². The Balaban J connectivity index is 1.45. The van der Waals surface area contributed by atoms with Gasteiger partial charge < -0.3 is 5.32 Å². The van der Waals surface area contributed by atoms with Gasteiger partial charge in [0.15, 0.2) is 5.13 Å². The molecule has 1 unspecified atom stereocenters. The summed E-state index contributed by atoms with van der Waals surface area (Å²) in [5.74, 6) is -1.33. The van der Waals surface area contributed by atoms with Crippen LogP contribution in [0.2, 0.25) is 10.0 Å². The molecule has 0 spiro atoms. The second kappa shape index (κ2) is 9.44. The van der Waals surface area contributed by atoms with Crippen LogP contribution in [0.3, 0.4) is 0 Å². The van der Waals surface area contributed by atoms with Crippen molar-refractivity contribution in [2.75, 3.05) is 18.4 Å². The van der Waals surface area contributed by atoms with Crippen LogP contribution in [0.4, 0.5) is 9.52 Å².